The van der Waals surface area contributed by atoms with Gasteiger partial charge < -0.3 is 4.90 Å². The predicted octanol–water partition coefficient (Wildman–Crippen LogP) is 2.98. The smallest absolute Gasteiger partial charge is 0.337 e. The van der Waals surface area contributed by atoms with Gasteiger partial charge in [-0.05, 0) is 18.9 Å². The molecule has 0 heterocycles. The highest BCUT2D eigenvalue weighted by atomic mass is 19.3. The molecule has 0 fully saturated rings. The summed E-state index contributed by atoms with van der Waals surface area (Å²) in [7, 11) is 0. The number of hydrogen-bond donors (Lipinski definition) is 0. The molecule has 0 aliphatic carbocycles. The van der Waals surface area contributed by atoms with Crippen LogP contribution in [0, 0.1) is 0 Å². The molecule has 0 N–H and O–H groups in total. The molecule has 0 saturated carbocycles. The van der Waals surface area contributed by atoms with Crippen LogP contribution in [0.1, 0.15) is 12.5 Å². The van der Waals surface area contributed by atoms with Crippen LogP contribution in [0.15, 0.2) is 30.3 Å². The van der Waals surface area contributed by atoms with Gasteiger partial charge in [0.25, 0.3) is 5.91 Å². The molecule has 0 aliphatic rings. The van der Waals surface area contributed by atoms with Gasteiger partial charge in [0.2, 0.25) is 0 Å². The minimum absolute atomic E-state index is 0.0122. The Labute approximate surface area is 109 Å². The molecule has 6 heteroatoms. The quantitative estimate of drug-likeness (QED) is 0.732. The normalized spacial score (nSPS) is 11.7. The fraction of sp³-hybridized carbons (Fsp3) is 0.462. The van der Waals surface area contributed by atoms with Gasteiger partial charge in [0.1, 0.15) is 0 Å². The number of amides is 1. The number of hydrogen-bond acceptors (Lipinski definition) is 1. The van der Waals surface area contributed by atoms with E-state index in [1.807, 2.05) is 0 Å². The molecule has 1 aromatic rings. The first kappa shape index (κ1) is 15.5. The Kier molecular flexibility index (Phi) is 5.32. The van der Waals surface area contributed by atoms with Crippen molar-refractivity contribution in [3.8, 4) is 0 Å². The van der Waals surface area contributed by atoms with Gasteiger partial charge in [-0.25, -0.2) is 8.78 Å². The van der Waals surface area contributed by atoms with Crippen molar-refractivity contribution in [3.05, 3.63) is 35.9 Å². The number of benzene rings is 1. The van der Waals surface area contributed by atoms with Crippen molar-refractivity contribution in [2.45, 2.75) is 25.7 Å². The lowest BCUT2D eigenvalue weighted by Crippen LogP contribution is -2.48. The monoisotopic (exact) mass is 277 g/mol. The summed E-state index contributed by atoms with van der Waals surface area (Å²) in [6.07, 6.45) is -3.63. The van der Waals surface area contributed by atoms with Crippen molar-refractivity contribution >= 4 is 5.91 Å². The van der Waals surface area contributed by atoms with E-state index in [0.717, 1.165) is 10.5 Å². The van der Waals surface area contributed by atoms with Crippen LogP contribution in [0.3, 0.4) is 0 Å². The zero-order chi connectivity index (χ0) is 14.5. The molecule has 0 radical (unpaired) electrons. The van der Waals surface area contributed by atoms with E-state index >= 15 is 0 Å². The van der Waals surface area contributed by atoms with Gasteiger partial charge in [-0.15, -0.1) is 0 Å². The van der Waals surface area contributed by atoms with Crippen LogP contribution >= 0.6 is 0 Å². The van der Waals surface area contributed by atoms with Gasteiger partial charge in [0, 0.05) is 13.1 Å². The maximum atomic E-state index is 13.0. The third kappa shape index (κ3) is 3.94. The minimum Gasteiger partial charge on any atom is -0.337 e. The Hall–Kier alpha value is -1.59. The largest absolute Gasteiger partial charge is 0.383 e. The predicted molar refractivity (Wildman–Crippen MR) is 63.4 cm³/mol. The summed E-state index contributed by atoms with van der Waals surface area (Å²) in [5, 5.41) is 0. The summed E-state index contributed by atoms with van der Waals surface area (Å²) in [5.74, 6) is -6.44. The highest BCUT2D eigenvalue weighted by Crippen LogP contribution is 2.25. The summed E-state index contributed by atoms with van der Waals surface area (Å²) >= 11 is 0. The van der Waals surface area contributed by atoms with Crippen molar-refractivity contribution in [1.29, 1.82) is 0 Å². The number of carbonyl (C=O) groups is 1. The SMILES string of the molecule is CCN(CCc1ccccc1)C(=O)C(F)(F)C(F)F. The Morgan fingerprint density at radius 2 is 1.84 bits per heavy atom. The summed E-state index contributed by atoms with van der Waals surface area (Å²) in [6, 6.07) is 8.92. The Balaban J connectivity index is 2.66. The third-order valence-electron chi connectivity index (χ3n) is 2.74. The van der Waals surface area contributed by atoms with Crippen LogP contribution in [-0.4, -0.2) is 36.2 Å². The Morgan fingerprint density at radius 1 is 1.26 bits per heavy atom. The van der Waals surface area contributed by atoms with E-state index in [4.69, 9.17) is 0 Å². The van der Waals surface area contributed by atoms with Crippen molar-refractivity contribution in [3.63, 3.8) is 0 Å². The Bertz CT molecular complexity index is 408. The van der Waals surface area contributed by atoms with Gasteiger partial charge in [-0.2, -0.15) is 8.78 Å². The molecule has 0 saturated heterocycles. The van der Waals surface area contributed by atoms with Gasteiger partial charge in [0.15, 0.2) is 0 Å². The zero-order valence-corrected chi connectivity index (χ0v) is 10.5. The average Bonchev–Trinajstić information content (AvgIpc) is 2.40. The average molecular weight is 277 g/mol. The van der Waals surface area contributed by atoms with Crippen LogP contribution in [-0.2, 0) is 11.2 Å². The highest BCUT2D eigenvalue weighted by molar-refractivity contribution is 5.84. The minimum atomic E-state index is -4.62. The molecule has 0 unspecified atom stereocenters. The maximum Gasteiger partial charge on any atom is 0.383 e. The van der Waals surface area contributed by atoms with Gasteiger partial charge in [-0.1, -0.05) is 30.3 Å². The highest BCUT2D eigenvalue weighted by Gasteiger charge is 2.50. The second-order valence-electron chi connectivity index (χ2n) is 4.04. The van der Waals surface area contributed by atoms with Gasteiger partial charge in [0.05, 0.1) is 0 Å². The van der Waals surface area contributed by atoms with Gasteiger partial charge >= 0.3 is 12.3 Å². The lowest BCUT2D eigenvalue weighted by atomic mass is 10.1. The fourth-order valence-corrected chi connectivity index (χ4v) is 1.62. The van der Waals surface area contributed by atoms with Crippen molar-refractivity contribution in [2.24, 2.45) is 0 Å². The number of alkyl halides is 4. The van der Waals surface area contributed by atoms with Gasteiger partial charge in [-0.3, -0.25) is 4.79 Å². The molecule has 1 amide bonds. The molecular weight excluding hydrogens is 262 g/mol. The number of carbonyl (C=O) groups excluding carboxylic acids is 1. The molecular formula is C13H15F4NO. The van der Waals surface area contributed by atoms with E-state index in [-0.39, 0.29) is 13.1 Å². The van der Waals surface area contributed by atoms with E-state index in [9.17, 15) is 22.4 Å². The molecule has 1 aromatic carbocycles. The summed E-state index contributed by atoms with van der Waals surface area (Å²) in [6.45, 7) is 1.43. The standard InChI is InChI=1S/C13H15F4NO/c1-2-18(12(19)13(16,17)11(14)15)9-8-10-6-4-3-5-7-10/h3-7,11H,2,8-9H2,1H3. The van der Waals surface area contributed by atoms with Crippen LogP contribution < -0.4 is 0 Å². The molecule has 0 aromatic heterocycles. The third-order valence-corrected chi connectivity index (χ3v) is 2.74. The molecule has 106 valence electrons. The van der Waals surface area contributed by atoms with E-state index in [1.165, 1.54) is 6.92 Å². The lowest BCUT2D eigenvalue weighted by molar-refractivity contribution is -0.180. The topological polar surface area (TPSA) is 20.3 Å². The first-order valence-corrected chi connectivity index (χ1v) is 5.88. The molecule has 0 atom stereocenters. The fourth-order valence-electron chi connectivity index (χ4n) is 1.62. The Morgan fingerprint density at radius 3 is 2.32 bits per heavy atom. The van der Waals surface area contributed by atoms with Crippen LogP contribution in [0.5, 0.6) is 0 Å². The van der Waals surface area contributed by atoms with E-state index < -0.39 is 18.3 Å². The first-order valence-electron chi connectivity index (χ1n) is 5.88. The van der Waals surface area contributed by atoms with Crippen molar-refractivity contribution in [1.82, 2.24) is 4.90 Å². The summed E-state index contributed by atoms with van der Waals surface area (Å²) in [5.41, 5.74) is 0.856. The number of nitrogens with zero attached hydrogens (tertiary/aromatic N) is 1. The van der Waals surface area contributed by atoms with E-state index in [2.05, 4.69) is 0 Å². The first-order chi connectivity index (χ1) is 8.89. The van der Waals surface area contributed by atoms with Crippen molar-refractivity contribution < 1.29 is 22.4 Å². The number of rotatable bonds is 6. The number of likely N-dealkylation sites (N-methyl/N-ethyl adjacent to an activating group) is 1. The molecule has 0 bridgehead atoms. The molecule has 1 rings (SSSR count). The van der Waals surface area contributed by atoms with Crippen molar-refractivity contribution in [2.75, 3.05) is 13.1 Å². The van der Waals surface area contributed by atoms with E-state index in [0.29, 0.717) is 6.42 Å². The second kappa shape index (κ2) is 6.54. The zero-order valence-electron chi connectivity index (χ0n) is 10.5. The lowest BCUT2D eigenvalue weighted by Gasteiger charge is -2.25. The van der Waals surface area contributed by atoms with E-state index in [1.54, 1.807) is 30.3 Å². The summed E-state index contributed by atoms with van der Waals surface area (Å²) < 4.78 is 50.2. The molecule has 0 spiro atoms. The number of halogens is 4. The molecule has 2 nitrogen and oxygen atoms in total. The van der Waals surface area contributed by atoms with Crippen LogP contribution in [0.2, 0.25) is 0 Å². The maximum absolute atomic E-state index is 13.0. The summed E-state index contributed by atoms with van der Waals surface area (Å²) in [4.78, 5) is 12.1. The second-order valence-corrected chi connectivity index (χ2v) is 4.04. The molecule has 19 heavy (non-hydrogen) atoms. The molecule has 0 aliphatic heterocycles. The van der Waals surface area contributed by atoms with Crippen LogP contribution in [0.25, 0.3) is 0 Å². The van der Waals surface area contributed by atoms with Crippen LogP contribution in [0.4, 0.5) is 17.6 Å².